The van der Waals surface area contributed by atoms with Crippen LogP contribution < -0.4 is 0 Å². The summed E-state index contributed by atoms with van der Waals surface area (Å²) in [5, 5.41) is 80.9. The Hall–Kier alpha value is -3.39. The maximum Gasteiger partial charge on any atom is 0.340 e. The fraction of sp³-hybridized carbons (Fsp3) is 0.615. The number of fused-ring (bicyclic) bond motifs is 8. The minimum Gasteiger partial charge on any atom is -0.465 e. The van der Waals surface area contributed by atoms with E-state index in [0.717, 1.165) is 79.1 Å². The summed E-state index contributed by atoms with van der Waals surface area (Å²) in [6, 6.07) is 6.09. The Labute approximate surface area is 438 Å². The number of aliphatic hydroxyl groups excluding tert-OH is 8. The van der Waals surface area contributed by atoms with Crippen molar-refractivity contribution in [1.29, 1.82) is 0 Å². The van der Waals surface area contributed by atoms with Crippen molar-refractivity contribution in [2.45, 2.75) is 158 Å². The molecular weight excluding hydrogens is 1000 g/mol. The Morgan fingerprint density at radius 3 is 1.97 bits per heavy atom. The number of aryl methyl sites for hydroxylation is 4. The summed E-state index contributed by atoms with van der Waals surface area (Å²) in [6.07, 6.45) is -8.06. The lowest BCUT2D eigenvalue weighted by molar-refractivity contribution is -0.205. The number of aromatic amines is 2. The van der Waals surface area contributed by atoms with Gasteiger partial charge < -0.3 is 69.8 Å². The molecule has 3 aromatic rings. The molecule has 2 fully saturated rings. The largest absolute Gasteiger partial charge is 0.465 e. The van der Waals surface area contributed by atoms with Crippen LogP contribution in [-0.2, 0) is 30.2 Å². The van der Waals surface area contributed by atoms with Crippen molar-refractivity contribution < 1.29 is 69.4 Å². The van der Waals surface area contributed by atoms with Crippen LogP contribution in [0.25, 0.3) is 33.2 Å². The highest BCUT2D eigenvalue weighted by Crippen LogP contribution is 2.44. The maximum atomic E-state index is 13.6. The van der Waals surface area contributed by atoms with Gasteiger partial charge in [0.2, 0.25) is 0 Å². The second-order valence-corrected chi connectivity index (χ2v) is 22.8. The molecule has 13 atom stereocenters. The van der Waals surface area contributed by atoms with Gasteiger partial charge in [0.25, 0.3) is 0 Å². The minimum absolute atomic E-state index is 0.00713. The first-order chi connectivity index (χ1) is 34.8. The first-order valence-electron chi connectivity index (χ1n) is 25.0. The number of H-pyrrole nitrogens is 2. The number of nitrogens with zero attached hydrogens (tertiary/aromatic N) is 2. The normalized spacial score (nSPS) is 27.9. The van der Waals surface area contributed by atoms with Gasteiger partial charge in [0.1, 0.15) is 59.7 Å². The van der Waals surface area contributed by atoms with E-state index in [9.17, 15) is 50.4 Å². The molecular formula is C52H72N4O14S3. The molecule has 10 N–H and O–H groups in total. The number of aromatic nitrogens is 4. The third-order valence-corrected chi connectivity index (χ3v) is 18.1. The molecule has 0 amide bonds. The van der Waals surface area contributed by atoms with Crippen LogP contribution >= 0.6 is 35.3 Å². The number of hydrogen-bond acceptors (Lipinski definition) is 19. The number of allylic oxidation sites excluding steroid dienone is 1. The summed E-state index contributed by atoms with van der Waals surface area (Å²) in [5.74, 6) is 0.694. The zero-order valence-electron chi connectivity index (χ0n) is 42.7. The number of carbonyl (C=O) groups is 2. The quantitative estimate of drug-likeness (QED) is 0.0575. The smallest absolute Gasteiger partial charge is 0.340 e. The molecule has 73 heavy (non-hydrogen) atoms. The van der Waals surface area contributed by atoms with Crippen molar-refractivity contribution in [2.75, 3.05) is 44.2 Å². The molecule has 7 heterocycles. The molecule has 402 valence electrons. The van der Waals surface area contributed by atoms with Crippen LogP contribution in [0.1, 0.15) is 121 Å². The van der Waals surface area contributed by atoms with Gasteiger partial charge in [-0.2, -0.15) is 0 Å². The molecule has 4 aliphatic heterocycles. The summed E-state index contributed by atoms with van der Waals surface area (Å²) in [4.78, 5) is 45.0. The van der Waals surface area contributed by atoms with Crippen LogP contribution in [0.2, 0.25) is 0 Å². The van der Waals surface area contributed by atoms with Crippen LogP contribution in [0.5, 0.6) is 0 Å². The molecule has 4 aliphatic rings. The second kappa shape index (κ2) is 25.2. The lowest BCUT2D eigenvalue weighted by atomic mass is 9.86. The average Bonchev–Trinajstić information content (AvgIpc) is 4.07. The Balaban J connectivity index is 1.17. The molecule has 2 saturated heterocycles. The summed E-state index contributed by atoms with van der Waals surface area (Å²) >= 11 is 3.77. The van der Waals surface area contributed by atoms with Gasteiger partial charge in [-0.15, -0.1) is 23.5 Å². The topological polar surface area (TPSA) is 290 Å². The van der Waals surface area contributed by atoms with E-state index in [2.05, 4.69) is 36.8 Å². The second-order valence-electron chi connectivity index (χ2n) is 19.2. The van der Waals surface area contributed by atoms with E-state index >= 15 is 0 Å². The van der Waals surface area contributed by atoms with E-state index in [4.69, 9.17) is 28.9 Å². The molecule has 21 heteroatoms. The molecule has 8 bridgehead atoms. The van der Waals surface area contributed by atoms with Crippen LogP contribution in [-0.4, -0.2) is 182 Å². The Bertz CT molecular complexity index is 2660. The summed E-state index contributed by atoms with van der Waals surface area (Å²) < 4.78 is 23.1. The molecule has 0 saturated carbocycles. The third-order valence-electron chi connectivity index (χ3n) is 14.6. The van der Waals surface area contributed by atoms with E-state index in [-0.39, 0.29) is 23.4 Å². The van der Waals surface area contributed by atoms with Crippen molar-refractivity contribution in [3.05, 3.63) is 68.8 Å². The number of nitrogens with one attached hydrogen (secondary N) is 2. The molecule has 7 rings (SSSR count). The number of carbonyl (C=O) groups excluding carboxylic acids is 2. The van der Waals surface area contributed by atoms with E-state index < -0.39 is 85.0 Å². The monoisotopic (exact) mass is 1070 g/mol. The van der Waals surface area contributed by atoms with Gasteiger partial charge in [-0.1, -0.05) is 25.6 Å². The van der Waals surface area contributed by atoms with Gasteiger partial charge in [0.05, 0.1) is 48.9 Å². The molecule has 3 aromatic heterocycles. The zero-order valence-corrected chi connectivity index (χ0v) is 45.1. The highest BCUT2D eigenvalue weighted by molar-refractivity contribution is 8.13. The first-order valence-corrected chi connectivity index (χ1v) is 28.1. The van der Waals surface area contributed by atoms with E-state index in [1.165, 1.54) is 42.4 Å². The van der Waals surface area contributed by atoms with Crippen molar-refractivity contribution in [1.82, 2.24) is 19.9 Å². The summed E-state index contributed by atoms with van der Waals surface area (Å²) in [6.45, 7) is 13.5. The fourth-order valence-corrected chi connectivity index (χ4v) is 13.4. The number of esters is 1. The number of hydrogen-bond donors (Lipinski definition) is 10. The number of methoxy groups -OCH3 is 1. The highest BCUT2D eigenvalue weighted by atomic mass is 32.2. The maximum absolute atomic E-state index is 13.6. The van der Waals surface area contributed by atoms with Gasteiger partial charge in [0, 0.05) is 64.1 Å². The van der Waals surface area contributed by atoms with Crippen LogP contribution in [0, 0.1) is 20.8 Å². The molecule has 1 unspecified atom stereocenters. The van der Waals surface area contributed by atoms with E-state index in [1.54, 1.807) is 0 Å². The molecule has 18 nitrogen and oxygen atoms in total. The number of aliphatic hydroxyl groups is 8. The lowest BCUT2D eigenvalue weighted by Crippen LogP contribution is -2.57. The Morgan fingerprint density at radius 2 is 1.37 bits per heavy atom. The van der Waals surface area contributed by atoms with E-state index in [1.807, 2.05) is 39.8 Å². The summed E-state index contributed by atoms with van der Waals surface area (Å²) in [7, 11) is 1.37. The van der Waals surface area contributed by atoms with Crippen molar-refractivity contribution in [3.8, 4) is 0 Å². The average molecular weight is 1070 g/mol. The van der Waals surface area contributed by atoms with Crippen molar-refractivity contribution >= 4 is 79.6 Å². The Kier molecular flexibility index (Phi) is 19.8. The fourth-order valence-electron chi connectivity index (χ4n) is 10.2. The molecule has 0 spiro atoms. The molecule has 0 radical (unpaired) electrons. The van der Waals surface area contributed by atoms with E-state index in [0.29, 0.717) is 54.2 Å². The molecule has 0 aliphatic carbocycles. The minimum atomic E-state index is -1.44. The first kappa shape index (κ1) is 57.3. The number of ether oxygens (including phenoxy) is 4. The summed E-state index contributed by atoms with van der Waals surface area (Å²) in [5.41, 5.74) is 10.3. The zero-order chi connectivity index (χ0) is 53.0. The Morgan fingerprint density at radius 1 is 0.753 bits per heavy atom. The number of rotatable bonds is 19. The van der Waals surface area contributed by atoms with Crippen LogP contribution in [0.15, 0.2) is 18.2 Å². The van der Waals surface area contributed by atoms with Gasteiger partial charge in [-0.25, -0.2) is 9.78 Å². The van der Waals surface area contributed by atoms with Gasteiger partial charge in [-0.3, -0.25) is 9.78 Å². The van der Waals surface area contributed by atoms with Crippen LogP contribution in [0.3, 0.4) is 0 Å². The highest BCUT2D eigenvalue weighted by Gasteiger charge is 2.45. The van der Waals surface area contributed by atoms with Gasteiger partial charge >= 0.3 is 5.97 Å². The molecule has 0 aromatic carbocycles. The number of thioether (sulfide) groups is 3. The SMILES string of the molecule is CCc1c(C)c2cc3nc(cc4nc(c(C)c5[nH]c(cc1[nH]2)c(C)c5C(=O)OC)[C@@H](CCC(=O)SCCCS[C@@H]1O[C@H](CO)[C@@H](O)[C@H](O)[C@H]1O)[C@@H]4C)C(C)=C3C(C)OCCCS[C@@H]1O[C@H](CO)[C@@H](O)[C@H](O)[C@H]1O. The predicted molar refractivity (Wildman–Crippen MR) is 283 cm³/mol. The predicted octanol–water partition coefficient (Wildman–Crippen LogP) is 4.70. The van der Waals surface area contributed by atoms with Crippen LogP contribution in [0.4, 0.5) is 0 Å². The van der Waals surface area contributed by atoms with Crippen molar-refractivity contribution in [2.24, 2.45) is 0 Å². The standard InChI is InChI=1S/C52H72N4O14S3/c1-9-29-23(2)31-20-36-40(28(7)68-14-10-15-72-51-48(64)46(62)44(60)37(21-57)69-51)25(4)33(54-36)18-32-24(3)30(12-13-39(59)71-16-11-17-73-52-49(65)47(63)45(61)38(22-58)70-52)42(55-32)27(6)43-41(50(66)67-8)26(5)34(56-43)19-35(29)53-31/h18-20,24,28,30,37-38,44-49,51-53,56-58,60-65H,9-17,21-22H2,1-8H3/t24-,28?,30-,37+,38+,44+,45+,46-,47-,48+,49+,51-,52-/m0/s1. The lowest BCUT2D eigenvalue weighted by Gasteiger charge is -2.39. The van der Waals surface area contributed by atoms with Gasteiger partial charge in [0.15, 0.2) is 5.12 Å². The van der Waals surface area contributed by atoms with Crippen molar-refractivity contribution in [3.63, 3.8) is 0 Å². The third kappa shape index (κ3) is 12.3. The van der Waals surface area contributed by atoms with Gasteiger partial charge in [-0.05, 0) is 118 Å².